The van der Waals surface area contributed by atoms with Crippen LogP contribution in [0.2, 0.25) is 0 Å². The number of aromatic nitrogens is 1. The van der Waals surface area contributed by atoms with Crippen molar-refractivity contribution in [2.24, 2.45) is 0 Å². The standard InChI is InChI=1S/C25H28N2O3S/c1-4-6-16-30-21-14-12-19(17-22(21)29-5-2)13-15-23(28)26-25-27-24(18(3)31-25)20-10-8-7-9-11-20/h7-15,17H,4-6,16H2,1-3H3,(H,26,27,28)/b15-13+. The van der Waals surface area contributed by atoms with Gasteiger partial charge in [-0.15, -0.1) is 11.3 Å². The number of benzene rings is 2. The van der Waals surface area contributed by atoms with Crippen LogP contribution in [0, 0.1) is 6.92 Å². The number of unbranched alkanes of at least 4 members (excludes halogenated alkanes) is 1. The maximum atomic E-state index is 12.4. The minimum atomic E-state index is -0.227. The zero-order valence-electron chi connectivity index (χ0n) is 18.2. The Bertz CT molecular complexity index is 1030. The number of nitrogens with one attached hydrogen (secondary N) is 1. The molecule has 0 saturated carbocycles. The number of carbonyl (C=O) groups is 1. The number of amides is 1. The summed E-state index contributed by atoms with van der Waals surface area (Å²) >= 11 is 1.47. The molecule has 0 atom stereocenters. The van der Waals surface area contributed by atoms with Crippen LogP contribution in [-0.2, 0) is 4.79 Å². The topological polar surface area (TPSA) is 60.5 Å². The molecule has 1 aromatic heterocycles. The van der Waals surface area contributed by atoms with Crippen LogP contribution < -0.4 is 14.8 Å². The highest BCUT2D eigenvalue weighted by Crippen LogP contribution is 2.31. The first-order valence-corrected chi connectivity index (χ1v) is 11.3. The largest absolute Gasteiger partial charge is 0.490 e. The molecule has 3 rings (SSSR count). The van der Waals surface area contributed by atoms with E-state index in [-0.39, 0.29) is 5.91 Å². The third-order valence-corrected chi connectivity index (χ3v) is 5.41. The summed E-state index contributed by atoms with van der Waals surface area (Å²) in [7, 11) is 0. The zero-order chi connectivity index (χ0) is 22.1. The zero-order valence-corrected chi connectivity index (χ0v) is 19.0. The number of thiazole rings is 1. The summed E-state index contributed by atoms with van der Waals surface area (Å²) < 4.78 is 11.5. The molecule has 0 aliphatic heterocycles. The Labute approximate surface area is 187 Å². The van der Waals surface area contributed by atoms with Gasteiger partial charge in [0.2, 0.25) is 5.91 Å². The molecule has 31 heavy (non-hydrogen) atoms. The van der Waals surface area contributed by atoms with E-state index in [1.54, 1.807) is 6.08 Å². The van der Waals surface area contributed by atoms with Gasteiger partial charge in [-0.05, 0) is 44.0 Å². The van der Waals surface area contributed by atoms with Crippen molar-refractivity contribution in [1.82, 2.24) is 4.98 Å². The van der Waals surface area contributed by atoms with Crippen molar-refractivity contribution in [2.75, 3.05) is 18.5 Å². The van der Waals surface area contributed by atoms with Crippen LogP contribution in [0.1, 0.15) is 37.1 Å². The maximum Gasteiger partial charge on any atom is 0.250 e. The first kappa shape index (κ1) is 22.6. The Morgan fingerprint density at radius 3 is 2.65 bits per heavy atom. The number of nitrogens with zero attached hydrogens (tertiary/aromatic N) is 1. The Hall–Kier alpha value is -3.12. The van der Waals surface area contributed by atoms with Crippen LogP contribution in [0.3, 0.4) is 0 Å². The highest BCUT2D eigenvalue weighted by molar-refractivity contribution is 7.16. The lowest BCUT2D eigenvalue weighted by atomic mass is 10.1. The molecule has 0 unspecified atom stereocenters. The molecule has 0 radical (unpaired) electrons. The molecular formula is C25H28N2O3S. The van der Waals surface area contributed by atoms with E-state index >= 15 is 0 Å². The predicted molar refractivity (Wildman–Crippen MR) is 128 cm³/mol. The van der Waals surface area contributed by atoms with Crippen molar-refractivity contribution in [2.45, 2.75) is 33.6 Å². The number of aryl methyl sites for hydroxylation is 1. The molecule has 1 heterocycles. The van der Waals surface area contributed by atoms with Crippen molar-refractivity contribution in [3.05, 3.63) is 65.0 Å². The van der Waals surface area contributed by atoms with Gasteiger partial charge in [0.15, 0.2) is 16.6 Å². The van der Waals surface area contributed by atoms with Crippen molar-refractivity contribution < 1.29 is 14.3 Å². The first-order chi connectivity index (χ1) is 15.1. The van der Waals surface area contributed by atoms with E-state index in [9.17, 15) is 4.79 Å². The summed E-state index contributed by atoms with van der Waals surface area (Å²) in [4.78, 5) is 18.0. The number of hydrogen-bond donors (Lipinski definition) is 1. The summed E-state index contributed by atoms with van der Waals surface area (Å²) in [5.41, 5.74) is 2.80. The second-order valence-corrected chi connectivity index (χ2v) is 8.16. The number of anilines is 1. The van der Waals surface area contributed by atoms with Crippen LogP contribution in [0.15, 0.2) is 54.6 Å². The smallest absolute Gasteiger partial charge is 0.250 e. The number of rotatable bonds is 10. The summed E-state index contributed by atoms with van der Waals surface area (Å²) in [5, 5.41) is 3.44. The van der Waals surface area contributed by atoms with Crippen LogP contribution in [0.25, 0.3) is 17.3 Å². The Morgan fingerprint density at radius 1 is 1.10 bits per heavy atom. The van der Waals surface area contributed by atoms with Gasteiger partial charge in [0.25, 0.3) is 0 Å². The van der Waals surface area contributed by atoms with Crippen LogP contribution >= 0.6 is 11.3 Å². The molecule has 0 saturated heterocycles. The molecule has 0 aliphatic carbocycles. The SMILES string of the molecule is CCCCOc1ccc(/C=C/C(=O)Nc2nc(-c3ccccc3)c(C)s2)cc1OCC. The molecule has 0 spiro atoms. The van der Waals surface area contributed by atoms with Crippen molar-refractivity contribution in [3.63, 3.8) is 0 Å². The second-order valence-electron chi connectivity index (χ2n) is 6.95. The molecule has 162 valence electrons. The lowest BCUT2D eigenvalue weighted by Crippen LogP contribution is -2.07. The van der Waals surface area contributed by atoms with Gasteiger partial charge in [0.1, 0.15) is 0 Å². The minimum Gasteiger partial charge on any atom is -0.490 e. The lowest BCUT2D eigenvalue weighted by Gasteiger charge is -2.12. The normalized spacial score (nSPS) is 10.9. The summed E-state index contributed by atoms with van der Waals surface area (Å²) in [6, 6.07) is 15.6. The summed E-state index contributed by atoms with van der Waals surface area (Å²) in [6.07, 6.45) is 5.33. The second kappa shape index (κ2) is 11.3. The lowest BCUT2D eigenvalue weighted by molar-refractivity contribution is -0.111. The van der Waals surface area contributed by atoms with Gasteiger partial charge in [-0.2, -0.15) is 0 Å². The van der Waals surface area contributed by atoms with Crippen molar-refractivity contribution in [3.8, 4) is 22.8 Å². The minimum absolute atomic E-state index is 0.227. The average molecular weight is 437 g/mol. The third-order valence-electron chi connectivity index (χ3n) is 4.52. The Balaban J connectivity index is 1.66. The van der Waals surface area contributed by atoms with E-state index in [1.807, 2.05) is 62.4 Å². The van der Waals surface area contributed by atoms with Crippen LogP contribution in [0.4, 0.5) is 5.13 Å². The number of carbonyl (C=O) groups excluding carboxylic acids is 1. The van der Waals surface area contributed by atoms with Gasteiger partial charge < -0.3 is 9.47 Å². The summed E-state index contributed by atoms with van der Waals surface area (Å²) in [5.74, 6) is 1.18. The van der Waals surface area contributed by atoms with E-state index < -0.39 is 0 Å². The molecule has 6 heteroatoms. The van der Waals surface area contributed by atoms with Gasteiger partial charge in [-0.1, -0.05) is 49.7 Å². The molecule has 1 N–H and O–H groups in total. The van der Waals surface area contributed by atoms with E-state index in [0.29, 0.717) is 24.1 Å². The third kappa shape index (κ3) is 6.43. The Morgan fingerprint density at radius 2 is 1.90 bits per heavy atom. The molecule has 3 aromatic rings. The highest BCUT2D eigenvalue weighted by Gasteiger charge is 2.11. The fourth-order valence-corrected chi connectivity index (χ4v) is 3.81. The van der Waals surface area contributed by atoms with Gasteiger partial charge in [0, 0.05) is 16.5 Å². The predicted octanol–water partition coefficient (Wildman–Crippen LogP) is 6.35. The molecule has 1 amide bonds. The molecule has 5 nitrogen and oxygen atoms in total. The maximum absolute atomic E-state index is 12.4. The monoisotopic (exact) mass is 436 g/mol. The average Bonchev–Trinajstić information content (AvgIpc) is 3.14. The van der Waals surface area contributed by atoms with Crippen molar-refractivity contribution >= 4 is 28.5 Å². The van der Waals surface area contributed by atoms with Gasteiger partial charge in [-0.25, -0.2) is 4.98 Å². The van der Waals surface area contributed by atoms with E-state index in [0.717, 1.165) is 40.3 Å². The molecular weight excluding hydrogens is 408 g/mol. The van der Waals surface area contributed by atoms with Crippen LogP contribution in [-0.4, -0.2) is 24.1 Å². The highest BCUT2D eigenvalue weighted by atomic mass is 32.1. The fourth-order valence-electron chi connectivity index (χ4n) is 2.98. The first-order valence-electron chi connectivity index (χ1n) is 10.5. The molecule has 2 aromatic carbocycles. The van der Waals surface area contributed by atoms with Gasteiger partial charge >= 0.3 is 0 Å². The van der Waals surface area contributed by atoms with Gasteiger partial charge in [-0.3, -0.25) is 10.1 Å². The number of hydrogen-bond acceptors (Lipinski definition) is 5. The molecule has 0 aliphatic rings. The van der Waals surface area contributed by atoms with E-state index in [2.05, 4.69) is 17.2 Å². The molecule has 0 bridgehead atoms. The number of ether oxygens (including phenoxy) is 2. The Kier molecular flexibility index (Phi) is 8.24. The molecule has 0 fully saturated rings. The van der Waals surface area contributed by atoms with E-state index in [4.69, 9.17) is 9.47 Å². The van der Waals surface area contributed by atoms with Crippen LogP contribution in [0.5, 0.6) is 11.5 Å². The summed E-state index contributed by atoms with van der Waals surface area (Å²) in [6.45, 7) is 7.27. The quantitative estimate of drug-likeness (QED) is 0.297. The fraction of sp³-hybridized carbons (Fsp3) is 0.280. The van der Waals surface area contributed by atoms with Crippen molar-refractivity contribution in [1.29, 1.82) is 0 Å². The van der Waals surface area contributed by atoms with E-state index in [1.165, 1.54) is 17.4 Å². The van der Waals surface area contributed by atoms with Gasteiger partial charge in [0.05, 0.1) is 18.9 Å².